The first-order valence-electron chi connectivity index (χ1n) is 16.9. The maximum Gasteiger partial charge on any atom is 0.159 e. The maximum absolute atomic E-state index is 6.42. The molecule has 0 saturated heterocycles. The molecule has 1 aliphatic heterocycles. The minimum absolute atomic E-state index is 0.259. The van der Waals surface area contributed by atoms with Gasteiger partial charge in [0.25, 0.3) is 0 Å². The lowest BCUT2D eigenvalue weighted by Crippen LogP contribution is -2.33. The standard InChI is InChI=1S/C45H30N4O/c1-3-13-29(14-4-1)43-46-44(30-15-5-2-6-16-30)48-45(47-43)32-17-11-18-33(27-32)49-39-23-9-7-19-35(39)38-28-31(25-26-40(38)49)34-21-12-22-37-36-20-8-10-24-41(36)50-42(34)37/h1-28,43H,(H,46,47,48). The van der Waals surface area contributed by atoms with Crippen molar-refractivity contribution >= 4 is 55.4 Å². The molecule has 9 aromatic rings. The first kappa shape index (κ1) is 28.3. The number of fused-ring (bicyclic) bond motifs is 6. The van der Waals surface area contributed by atoms with E-state index < -0.39 is 0 Å². The van der Waals surface area contributed by atoms with E-state index in [0.29, 0.717) is 5.84 Å². The van der Waals surface area contributed by atoms with Crippen LogP contribution in [0.15, 0.2) is 184 Å². The molecule has 1 atom stereocenters. The molecule has 0 spiro atoms. The number of rotatable bonds is 5. The summed E-state index contributed by atoms with van der Waals surface area (Å²) in [6, 6.07) is 59.2. The van der Waals surface area contributed by atoms with E-state index in [2.05, 4.69) is 131 Å². The summed E-state index contributed by atoms with van der Waals surface area (Å²) in [6.07, 6.45) is -0.259. The molecule has 1 aliphatic rings. The summed E-state index contributed by atoms with van der Waals surface area (Å²) in [5.41, 5.74) is 10.4. The lowest BCUT2D eigenvalue weighted by atomic mass is 10.0. The van der Waals surface area contributed by atoms with Gasteiger partial charge < -0.3 is 14.3 Å². The smallest absolute Gasteiger partial charge is 0.159 e. The van der Waals surface area contributed by atoms with Crippen LogP contribution in [0, 0.1) is 0 Å². The fourth-order valence-corrected chi connectivity index (χ4v) is 7.30. The molecule has 50 heavy (non-hydrogen) atoms. The van der Waals surface area contributed by atoms with Gasteiger partial charge in [0.15, 0.2) is 5.84 Å². The SMILES string of the molecule is c1ccc(C2=NC(c3cccc(-n4c5ccccc5c5cc(-c6cccc7c6oc6ccccc67)ccc54)c3)=NC(c3ccccc3)N2)cc1. The largest absolute Gasteiger partial charge is 0.455 e. The van der Waals surface area contributed by atoms with Gasteiger partial charge in [0, 0.05) is 43.9 Å². The van der Waals surface area contributed by atoms with Gasteiger partial charge in [-0.15, -0.1) is 0 Å². The molecule has 0 bridgehead atoms. The molecular formula is C45H30N4O. The summed E-state index contributed by atoms with van der Waals surface area (Å²) in [5.74, 6) is 1.50. The maximum atomic E-state index is 6.42. The van der Waals surface area contributed by atoms with E-state index in [1.54, 1.807) is 0 Å². The third-order valence-electron chi connectivity index (χ3n) is 9.66. The van der Waals surface area contributed by atoms with Crippen LogP contribution in [0.5, 0.6) is 0 Å². The molecule has 0 fully saturated rings. The van der Waals surface area contributed by atoms with E-state index in [1.165, 1.54) is 10.8 Å². The van der Waals surface area contributed by atoms with E-state index in [1.807, 2.05) is 48.5 Å². The predicted octanol–water partition coefficient (Wildman–Crippen LogP) is 10.8. The van der Waals surface area contributed by atoms with Gasteiger partial charge in [0.05, 0.1) is 11.0 Å². The Morgan fingerprint density at radius 3 is 2.10 bits per heavy atom. The molecule has 1 N–H and O–H groups in total. The van der Waals surface area contributed by atoms with Gasteiger partial charge >= 0.3 is 0 Å². The van der Waals surface area contributed by atoms with Gasteiger partial charge in [-0.3, -0.25) is 0 Å². The number of hydrogen-bond acceptors (Lipinski definition) is 4. The van der Waals surface area contributed by atoms with Gasteiger partial charge in [-0.25, -0.2) is 9.98 Å². The van der Waals surface area contributed by atoms with Crippen LogP contribution in [0.1, 0.15) is 22.9 Å². The van der Waals surface area contributed by atoms with E-state index in [9.17, 15) is 0 Å². The van der Waals surface area contributed by atoms with E-state index in [4.69, 9.17) is 14.4 Å². The summed E-state index contributed by atoms with van der Waals surface area (Å²) in [7, 11) is 0. The van der Waals surface area contributed by atoms with Crippen molar-refractivity contribution in [2.24, 2.45) is 9.98 Å². The molecule has 0 radical (unpaired) electrons. The highest BCUT2D eigenvalue weighted by atomic mass is 16.3. The molecule has 2 aromatic heterocycles. The minimum Gasteiger partial charge on any atom is -0.455 e. The quantitative estimate of drug-likeness (QED) is 0.203. The van der Waals surface area contributed by atoms with Crippen molar-refractivity contribution in [1.82, 2.24) is 9.88 Å². The molecule has 5 heteroatoms. The van der Waals surface area contributed by atoms with Crippen molar-refractivity contribution in [3.8, 4) is 16.8 Å². The van der Waals surface area contributed by atoms with Crippen LogP contribution in [-0.2, 0) is 0 Å². The van der Waals surface area contributed by atoms with Crippen molar-refractivity contribution in [2.45, 2.75) is 6.17 Å². The van der Waals surface area contributed by atoms with Crippen LogP contribution < -0.4 is 5.32 Å². The number of nitrogens with one attached hydrogen (secondary N) is 1. The van der Waals surface area contributed by atoms with Crippen LogP contribution in [0.25, 0.3) is 60.6 Å². The lowest BCUT2D eigenvalue weighted by molar-refractivity contribution is 0.670. The average Bonchev–Trinajstić information content (AvgIpc) is 3.74. The highest BCUT2D eigenvalue weighted by Crippen LogP contribution is 2.39. The van der Waals surface area contributed by atoms with E-state index in [-0.39, 0.29) is 6.17 Å². The van der Waals surface area contributed by atoms with Crippen LogP contribution in [0.4, 0.5) is 0 Å². The number of aromatic nitrogens is 1. The van der Waals surface area contributed by atoms with Crippen LogP contribution >= 0.6 is 0 Å². The minimum atomic E-state index is -0.259. The van der Waals surface area contributed by atoms with Gasteiger partial charge in [-0.2, -0.15) is 0 Å². The number of furan rings is 1. The molecule has 3 heterocycles. The lowest BCUT2D eigenvalue weighted by Gasteiger charge is -2.23. The Hall–Kier alpha value is -6.72. The Morgan fingerprint density at radius 1 is 0.520 bits per heavy atom. The highest BCUT2D eigenvalue weighted by Gasteiger charge is 2.22. The van der Waals surface area contributed by atoms with Gasteiger partial charge in [0.1, 0.15) is 23.2 Å². The van der Waals surface area contributed by atoms with Crippen molar-refractivity contribution in [3.63, 3.8) is 0 Å². The van der Waals surface area contributed by atoms with Crippen molar-refractivity contribution in [3.05, 3.63) is 187 Å². The number of para-hydroxylation sites is 3. The molecule has 5 nitrogen and oxygen atoms in total. The normalized spacial score (nSPS) is 14.6. The van der Waals surface area contributed by atoms with E-state index in [0.717, 1.165) is 72.3 Å². The van der Waals surface area contributed by atoms with Crippen molar-refractivity contribution in [2.75, 3.05) is 0 Å². The van der Waals surface area contributed by atoms with Gasteiger partial charge in [-0.1, -0.05) is 133 Å². The van der Waals surface area contributed by atoms with Crippen molar-refractivity contribution < 1.29 is 4.42 Å². The third kappa shape index (κ3) is 4.63. The molecule has 1 unspecified atom stereocenters. The predicted molar refractivity (Wildman–Crippen MR) is 205 cm³/mol. The summed E-state index contributed by atoms with van der Waals surface area (Å²) < 4.78 is 8.77. The Morgan fingerprint density at radius 2 is 1.22 bits per heavy atom. The summed E-state index contributed by atoms with van der Waals surface area (Å²) in [4.78, 5) is 10.2. The first-order valence-corrected chi connectivity index (χ1v) is 16.9. The highest BCUT2D eigenvalue weighted by molar-refractivity contribution is 6.15. The molecule has 7 aromatic carbocycles. The molecule has 236 valence electrons. The summed E-state index contributed by atoms with van der Waals surface area (Å²) in [6.45, 7) is 0. The van der Waals surface area contributed by atoms with Gasteiger partial charge in [-0.05, 0) is 47.5 Å². The third-order valence-corrected chi connectivity index (χ3v) is 9.66. The number of amidine groups is 2. The van der Waals surface area contributed by atoms with Crippen LogP contribution in [-0.4, -0.2) is 16.2 Å². The fraction of sp³-hybridized carbons (Fsp3) is 0.0222. The Labute approximate surface area is 288 Å². The second-order valence-electron chi connectivity index (χ2n) is 12.7. The summed E-state index contributed by atoms with van der Waals surface area (Å²) in [5, 5.41) is 8.21. The van der Waals surface area contributed by atoms with Crippen LogP contribution in [0.2, 0.25) is 0 Å². The molecule has 0 aliphatic carbocycles. The Bertz CT molecular complexity index is 2790. The second kappa shape index (κ2) is 11.5. The Balaban J connectivity index is 1.12. The molecule has 10 rings (SSSR count). The van der Waals surface area contributed by atoms with Gasteiger partial charge in [0.2, 0.25) is 0 Å². The number of benzene rings is 7. The zero-order valence-corrected chi connectivity index (χ0v) is 27.0. The number of nitrogens with zero attached hydrogens (tertiary/aromatic N) is 3. The molecular weight excluding hydrogens is 613 g/mol. The topological polar surface area (TPSA) is 54.8 Å². The number of aliphatic imine (C=N–C) groups is 2. The molecule has 0 amide bonds. The Kier molecular flexibility index (Phi) is 6.49. The second-order valence-corrected chi connectivity index (χ2v) is 12.7. The monoisotopic (exact) mass is 642 g/mol. The molecule has 0 saturated carbocycles. The zero-order valence-electron chi connectivity index (χ0n) is 27.0. The van der Waals surface area contributed by atoms with Crippen LogP contribution in [0.3, 0.4) is 0 Å². The fourth-order valence-electron chi connectivity index (χ4n) is 7.30. The zero-order chi connectivity index (χ0) is 33.0. The average molecular weight is 643 g/mol. The number of hydrogen-bond donors (Lipinski definition) is 1. The van der Waals surface area contributed by atoms with Crippen molar-refractivity contribution in [1.29, 1.82) is 0 Å². The summed E-state index contributed by atoms with van der Waals surface area (Å²) >= 11 is 0. The first-order chi connectivity index (χ1) is 24.8. The van der Waals surface area contributed by atoms with E-state index >= 15 is 0 Å².